The van der Waals surface area contributed by atoms with Gasteiger partial charge >= 0.3 is 5.97 Å². The zero-order valence-corrected chi connectivity index (χ0v) is 20.2. The van der Waals surface area contributed by atoms with Gasteiger partial charge in [-0.05, 0) is 80.0 Å². The third-order valence-corrected chi connectivity index (χ3v) is 7.75. The summed E-state index contributed by atoms with van der Waals surface area (Å²) in [7, 11) is 0. The van der Waals surface area contributed by atoms with E-state index in [0.717, 1.165) is 50.2 Å². The van der Waals surface area contributed by atoms with Gasteiger partial charge in [-0.25, -0.2) is 9.78 Å². The number of benzene rings is 1. The number of nitrogens with one attached hydrogen (secondary N) is 2. The highest BCUT2D eigenvalue weighted by atomic mass is 16.5. The van der Waals surface area contributed by atoms with Crippen molar-refractivity contribution in [2.24, 2.45) is 11.8 Å². The van der Waals surface area contributed by atoms with Crippen molar-refractivity contribution >= 4 is 17.7 Å². The Morgan fingerprint density at radius 1 is 1.11 bits per heavy atom. The molecule has 0 bridgehead atoms. The standard InChI is InChI=1S/C28H35N3O4/c32-27(22-16-20-4-1-2-5-21(20)17-22)31-25(28(33)34)11-13-35-24-14-18(15-24)7-9-23-10-8-19-6-3-12-29-26(19)30-23/h1-2,4-5,8,10,18,22,24-25H,3,6-7,9,11-17H2,(H,29,30)(H,31,32)(H,33,34)/t18-,24-,25?. The number of aromatic nitrogens is 1. The van der Waals surface area contributed by atoms with Gasteiger partial charge < -0.3 is 20.5 Å². The zero-order chi connectivity index (χ0) is 24.2. The number of amides is 1. The quantitative estimate of drug-likeness (QED) is 0.484. The first-order valence-electron chi connectivity index (χ1n) is 13.0. The number of carboxylic acid groups (broad SMARTS) is 1. The SMILES string of the molecule is O=C(NC(CCO[C@H]1C[C@H](CCc2ccc3c(n2)NCCC3)C1)C(=O)O)C1Cc2ccccc2C1. The molecule has 186 valence electrons. The van der Waals surface area contributed by atoms with E-state index in [9.17, 15) is 14.7 Å². The average molecular weight is 478 g/mol. The lowest BCUT2D eigenvalue weighted by atomic mass is 9.79. The van der Waals surface area contributed by atoms with E-state index in [-0.39, 0.29) is 24.3 Å². The molecule has 2 heterocycles. The lowest BCUT2D eigenvalue weighted by molar-refractivity contribution is -0.143. The fourth-order valence-electron chi connectivity index (χ4n) is 5.55. The van der Waals surface area contributed by atoms with Crippen LogP contribution in [0.5, 0.6) is 0 Å². The van der Waals surface area contributed by atoms with E-state index in [0.29, 0.717) is 25.4 Å². The maximum atomic E-state index is 12.7. The molecule has 2 aromatic rings. The van der Waals surface area contributed by atoms with Gasteiger partial charge in [0.1, 0.15) is 11.9 Å². The van der Waals surface area contributed by atoms with Gasteiger partial charge in [0.05, 0.1) is 6.10 Å². The summed E-state index contributed by atoms with van der Waals surface area (Å²) in [4.78, 5) is 29.2. The molecule has 35 heavy (non-hydrogen) atoms. The first-order chi connectivity index (χ1) is 17.0. The lowest BCUT2D eigenvalue weighted by Crippen LogP contribution is -2.45. The monoisotopic (exact) mass is 477 g/mol. The normalized spacial score (nSPS) is 21.8. The molecule has 1 atom stereocenters. The van der Waals surface area contributed by atoms with Gasteiger partial charge in [0.15, 0.2) is 0 Å². The summed E-state index contributed by atoms with van der Waals surface area (Å²) in [5, 5.41) is 15.7. The predicted octanol–water partition coefficient (Wildman–Crippen LogP) is 3.54. The van der Waals surface area contributed by atoms with Crippen LogP contribution in [-0.2, 0) is 40.0 Å². The Morgan fingerprint density at radius 2 is 1.89 bits per heavy atom. The number of aryl methyl sites for hydroxylation is 2. The van der Waals surface area contributed by atoms with Crippen molar-refractivity contribution in [2.75, 3.05) is 18.5 Å². The first kappa shape index (κ1) is 23.8. The number of carbonyl (C=O) groups is 2. The first-order valence-corrected chi connectivity index (χ1v) is 13.0. The molecule has 2 aliphatic carbocycles. The summed E-state index contributed by atoms with van der Waals surface area (Å²) in [6.45, 7) is 1.35. The average Bonchev–Trinajstić information content (AvgIpc) is 3.28. The Balaban J connectivity index is 0.994. The van der Waals surface area contributed by atoms with Crippen molar-refractivity contribution in [2.45, 2.75) is 69.9 Å². The summed E-state index contributed by atoms with van der Waals surface area (Å²) in [6, 6.07) is 11.5. The molecule has 0 saturated heterocycles. The molecule has 3 N–H and O–H groups in total. The Hall–Kier alpha value is -2.93. The largest absolute Gasteiger partial charge is 0.480 e. The van der Waals surface area contributed by atoms with Crippen LogP contribution in [0.3, 0.4) is 0 Å². The molecule has 7 nitrogen and oxygen atoms in total. The minimum absolute atomic E-state index is 0.178. The molecule has 1 aromatic heterocycles. The van der Waals surface area contributed by atoms with Gasteiger partial charge in [-0.1, -0.05) is 30.3 Å². The number of carboxylic acids is 1. The Kier molecular flexibility index (Phi) is 7.32. The van der Waals surface area contributed by atoms with Gasteiger partial charge in [-0.3, -0.25) is 4.79 Å². The van der Waals surface area contributed by atoms with E-state index in [1.165, 1.54) is 23.1 Å². The Morgan fingerprint density at radius 3 is 2.63 bits per heavy atom. The van der Waals surface area contributed by atoms with Crippen molar-refractivity contribution in [3.05, 3.63) is 58.8 Å². The summed E-state index contributed by atoms with van der Waals surface area (Å²) in [5.41, 5.74) is 4.83. The number of hydrogen-bond acceptors (Lipinski definition) is 5. The van der Waals surface area contributed by atoms with E-state index in [2.05, 4.69) is 22.8 Å². The smallest absolute Gasteiger partial charge is 0.326 e. The third-order valence-electron chi connectivity index (χ3n) is 7.75. The van der Waals surface area contributed by atoms with Crippen LogP contribution in [0.15, 0.2) is 36.4 Å². The summed E-state index contributed by atoms with van der Waals surface area (Å²) in [6.07, 6.45) is 8.19. The van der Waals surface area contributed by atoms with E-state index in [1.807, 2.05) is 24.3 Å². The minimum atomic E-state index is -1.00. The van der Waals surface area contributed by atoms with E-state index >= 15 is 0 Å². The molecule has 1 saturated carbocycles. The van der Waals surface area contributed by atoms with E-state index in [4.69, 9.17) is 9.72 Å². The number of rotatable bonds is 10. The van der Waals surface area contributed by atoms with Crippen molar-refractivity contribution in [1.82, 2.24) is 10.3 Å². The predicted molar refractivity (Wildman–Crippen MR) is 133 cm³/mol. The number of carbonyl (C=O) groups excluding carboxylic acids is 1. The Bertz CT molecular complexity index is 1040. The molecule has 1 amide bonds. The second-order valence-electron chi connectivity index (χ2n) is 10.3. The van der Waals surface area contributed by atoms with Gasteiger partial charge in [-0.2, -0.15) is 0 Å². The zero-order valence-electron chi connectivity index (χ0n) is 20.2. The molecule has 1 unspecified atom stereocenters. The maximum absolute atomic E-state index is 12.7. The molecule has 3 aliphatic rings. The second-order valence-corrected chi connectivity index (χ2v) is 10.3. The van der Waals surface area contributed by atoms with Crippen LogP contribution in [0.1, 0.15) is 54.5 Å². The summed E-state index contributed by atoms with van der Waals surface area (Å²) in [5.74, 6) is 0.313. The highest BCUT2D eigenvalue weighted by Crippen LogP contribution is 2.34. The molecule has 1 aromatic carbocycles. The fraction of sp³-hybridized carbons (Fsp3) is 0.536. The molecular weight excluding hydrogens is 442 g/mol. The van der Waals surface area contributed by atoms with Crippen molar-refractivity contribution < 1.29 is 19.4 Å². The molecule has 5 rings (SSSR count). The van der Waals surface area contributed by atoms with Gasteiger partial charge in [0.25, 0.3) is 0 Å². The molecule has 0 spiro atoms. The summed E-state index contributed by atoms with van der Waals surface area (Å²) < 4.78 is 5.93. The lowest BCUT2D eigenvalue weighted by Gasteiger charge is -2.35. The third kappa shape index (κ3) is 5.84. The van der Waals surface area contributed by atoms with E-state index < -0.39 is 12.0 Å². The fourth-order valence-corrected chi connectivity index (χ4v) is 5.55. The van der Waals surface area contributed by atoms with Gasteiger partial charge in [-0.15, -0.1) is 0 Å². The highest BCUT2D eigenvalue weighted by Gasteiger charge is 2.32. The van der Waals surface area contributed by atoms with Crippen molar-refractivity contribution in [1.29, 1.82) is 0 Å². The van der Waals surface area contributed by atoms with Crippen LogP contribution >= 0.6 is 0 Å². The van der Waals surface area contributed by atoms with Crippen LogP contribution < -0.4 is 10.6 Å². The maximum Gasteiger partial charge on any atom is 0.326 e. The van der Waals surface area contributed by atoms with Gasteiger partial charge in [0.2, 0.25) is 5.91 Å². The highest BCUT2D eigenvalue weighted by molar-refractivity contribution is 5.85. The number of anilines is 1. The van der Waals surface area contributed by atoms with Gasteiger partial charge in [0, 0.05) is 31.2 Å². The van der Waals surface area contributed by atoms with Crippen LogP contribution in [0, 0.1) is 11.8 Å². The Labute approximate surface area is 206 Å². The van der Waals surface area contributed by atoms with Crippen LogP contribution in [0.2, 0.25) is 0 Å². The number of nitrogens with zero attached hydrogens (tertiary/aromatic N) is 1. The van der Waals surface area contributed by atoms with Crippen molar-refractivity contribution in [3.8, 4) is 0 Å². The number of aliphatic carboxylic acids is 1. The summed E-state index contributed by atoms with van der Waals surface area (Å²) >= 11 is 0. The van der Waals surface area contributed by atoms with Crippen molar-refractivity contribution in [3.63, 3.8) is 0 Å². The van der Waals surface area contributed by atoms with Crippen LogP contribution in [0.25, 0.3) is 0 Å². The second kappa shape index (κ2) is 10.8. The van der Waals surface area contributed by atoms with E-state index in [1.54, 1.807) is 0 Å². The minimum Gasteiger partial charge on any atom is -0.480 e. The molecule has 1 aliphatic heterocycles. The molecule has 1 fully saturated rings. The number of fused-ring (bicyclic) bond motifs is 2. The molecular formula is C28H35N3O4. The van der Waals surface area contributed by atoms with Crippen LogP contribution in [-0.4, -0.2) is 47.3 Å². The number of ether oxygens (including phenoxy) is 1. The van der Waals surface area contributed by atoms with Crippen LogP contribution in [0.4, 0.5) is 5.82 Å². The molecule has 7 heteroatoms. The molecule has 0 radical (unpaired) electrons. The number of hydrogen-bond donors (Lipinski definition) is 3. The number of pyridine rings is 1. The topological polar surface area (TPSA) is 101 Å².